The predicted molar refractivity (Wildman–Crippen MR) is 106 cm³/mol. The third-order valence-corrected chi connectivity index (χ3v) is 6.34. The van der Waals surface area contributed by atoms with E-state index in [4.69, 9.17) is 14.9 Å². The van der Waals surface area contributed by atoms with E-state index in [1.54, 1.807) is 0 Å². The van der Waals surface area contributed by atoms with Crippen molar-refractivity contribution in [2.75, 3.05) is 24.3 Å². The van der Waals surface area contributed by atoms with E-state index in [0.717, 1.165) is 0 Å². The molecule has 34 heavy (non-hydrogen) atoms. The van der Waals surface area contributed by atoms with E-state index in [0.29, 0.717) is 45.0 Å². The molecule has 2 aliphatic heterocycles. The van der Waals surface area contributed by atoms with Crippen LogP contribution in [0.3, 0.4) is 0 Å². The second kappa shape index (κ2) is 8.56. The Morgan fingerprint density at radius 3 is 2.29 bits per heavy atom. The summed E-state index contributed by atoms with van der Waals surface area (Å²) < 4.78 is 93.2. The number of fused-ring (bicyclic) bond motifs is 5. The van der Waals surface area contributed by atoms with Crippen LogP contribution in [0.15, 0.2) is 10.5 Å². The lowest BCUT2D eigenvalue weighted by molar-refractivity contribution is -0.277. The molecule has 0 aliphatic carbocycles. The smallest absolute Gasteiger partial charge is 0.416 e. The van der Waals surface area contributed by atoms with Gasteiger partial charge in [0.15, 0.2) is 5.69 Å². The second-order valence-corrected chi connectivity index (χ2v) is 8.67. The molecule has 14 heteroatoms. The largest absolute Gasteiger partial charge is 0.426 e. The van der Waals surface area contributed by atoms with Crippen molar-refractivity contribution in [2.24, 2.45) is 0 Å². The number of nitrogens with one attached hydrogen (secondary N) is 1. The number of rotatable bonds is 0. The molecule has 0 amide bonds. The van der Waals surface area contributed by atoms with Gasteiger partial charge in [-0.3, -0.25) is 0 Å². The molecule has 0 aromatic carbocycles. The summed E-state index contributed by atoms with van der Waals surface area (Å²) in [7, 11) is 0. The molecule has 2 aromatic heterocycles. The number of aliphatic hydroxyl groups is 1. The first-order valence-electron chi connectivity index (χ1n) is 10.7. The van der Waals surface area contributed by atoms with E-state index < -0.39 is 64.5 Å². The summed E-state index contributed by atoms with van der Waals surface area (Å²) >= 11 is 0. The lowest BCUT2D eigenvalue weighted by atomic mass is 9.83. The van der Waals surface area contributed by atoms with Crippen molar-refractivity contribution in [1.29, 1.82) is 0 Å². The minimum atomic E-state index is -5.12. The number of hydrogen-bond donors (Lipinski definition) is 3. The molecule has 4 N–H and O–H groups in total. The molecule has 1 spiro atoms. The minimum absolute atomic E-state index is 0.0280. The highest BCUT2D eigenvalue weighted by atomic mass is 19.4. The van der Waals surface area contributed by atoms with Crippen LogP contribution in [0.4, 0.5) is 37.8 Å². The van der Waals surface area contributed by atoms with Gasteiger partial charge in [-0.1, -0.05) is 12.8 Å². The number of halogens is 6. The quantitative estimate of drug-likeness (QED) is 0.460. The van der Waals surface area contributed by atoms with Crippen LogP contribution in [0.25, 0.3) is 11.6 Å². The summed E-state index contributed by atoms with van der Waals surface area (Å²) in [6.07, 6.45) is -8.86. The number of nitrogens with two attached hydrogens (primary N) is 1. The van der Waals surface area contributed by atoms with Gasteiger partial charge < -0.3 is 25.3 Å². The maximum atomic E-state index is 13.8. The van der Waals surface area contributed by atoms with Gasteiger partial charge in [-0.15, -0.1) is 10.2 Å². The van der Waals surface area contributed by atoms with E-state index in [-0.39, 0.29) is 12.8 Å². The summed E-state index contributed by atoms with van der Waals surface area (Å²) in [4.78, 5) is 3.98. The molecule has 4 heterocycles. The molecular weight excluding hydrogens is 472 g/mol. The van der Waals surface area contributed by atoms with Crippen LogP contribution in [0, 0.1) is 0 Å². The van der Waals surface area contributed by atoms with E-state index >= 15 is 0 Å². The Bertz CT molecular complexity index is 1030. The van der Waals surface area contributed by atoms with Gasteiger partial charge in [-0.25, -0.2) is 4.98 Å². The average Bonchev–Trinajstić information content (AvgIpc) is 3.23. The zero-order chi connectivity index (χ0) is 24.8. The first-order chi connectivity index (χ1) is 15.8. The van der Waals surface area contributed by atoms with Crippen LogP contribution >= 0.6 is 0 Å². The Kier molecular flexibility index (Phi) is 6.17. The van der Waals surface area contributed by atoms with E-state index in [1.807, 2.05) is 0 Å². The molecule has 188 valence electrons. The number of anilines is 2. The molecule has 1 fully saturated rings. The van der Waals surface area contributed by atoms with Gasteiger partial charge in [-0.05, 0) is 38.2 Å². The molecule has 2 aliphatic rings. The Morgan fingerprint density at radius 2 is 1.65 bits per heavy atom. The predicted octanol–water partition coefficient (Wildman–Crippen LogP) is 4.41. The molecule has 0 unspecified atom stereocenters. The maximum absolute atomic E-state index is 13.8. The highest BCUT2D eigenvalue weighted by Gasteiger charge is 2.58. The fourth-order valence-electron chi connectivity index (χ4n) is 4.34. The van der Waals surface area contributed by atoms with Crippen molar-refractivity contribution in [3.63, 3.8) is 0 Å². The zero-order valence-corrected chi connectivity index (χ0v) is 17.9. The molecule has 1 atom stereocenters. The average molecular weight is 495 g/mol. The summed E-state index contributed by atoms with van der Waals surface area (Å²) in [5.41, 5.74) is -0.526. The van der Waals surface area contributed by atoms with Crippen LogP contribution in [0.1, 0.15) is 56.4 Å². The monoisotopic (exact) mass is 495 g/mol. The molecular formula is C20H23F6N5O3. The molecule has 1 saturated heterocycles. The third-order valence-electron chi connectivity index (χ3n) is 6.34. The number of hydrogen-bond acceptors (Lipinski definition) is 8. The highest BCUT2D eigenvalue weighted by Crippen LogP contribution is 2.45. The minimum Gasteiger partial charge on any atom is -0.416 e. The number of pyridine rings is 1. The van der Waals surface area contributed by atoms with Gasteiger partial charge in [0, 0.05) is 18.8 Å². The van der Waals surface area contributed by atoms with Gasteiger partial charge in [0.2, 0.25) is 5.60 Å². The van der Waals surface area contributed by atoms with E-state index in [9.17, 15) is 31.4 Å². The normalized spacial score (nSPS) is 23.9. The molecule has 0 saturated carbocycles. The fourth-order valence-corrected chi connectivity index (χ4v) is 4.34. The van der Waals surface area contributed by atoms with Crippen molar-refractivity contribution in [2.45, 2.75) is 68.4 Å². The Hall–Kier alpha value is -2.61. The van der Waals surface area contributed by atoms with E-state index in [2.05, 4.69) is 20.5 Å². The van der Waals surface area contributed by atoms with E-state index in [1.165, 1.54) is 0 Å². The molecule has 4 bridgehead atoms. The number of nitrogens with zero attached hydrogens (tertiary/aromatic N) is 3. The van der Waals surface area contributed by atoms with Gasteiger partial charge >= 0.3 is 12.4 Å². The molecule has 4 rings (SSSR count). The van der Waals surface area contributed by atoms with Crippen LogP contribution in [0.5, 0.6) is 0 Å². The summed E-state index contributed by atoms with van der Waals surface area (Å²) in [5.74, 6) is -2.30. The maximum Gasteiger partial charge on any atom is 0.426 e. The lowest BCUT2D eigenvalue weighted by Gasteiger charge is -2.39. The van der Waals surface area contributed by atoms with Crippen molar-refractivity contribution in [3.8, 4) is 11.6 Å². The number of ether oxygens (including phenoxy) is 1. The molecule has 0 radical (unpaired) electrons. The first kappa shape index (κ1) is 24.5. The van der Waals surface area contributed by atoms with Gasteiger partial charge in [0.25, 0.3) is 11.8 Å². The van der Waals surface area contributed by atoms with Gasteiger partial charge in [0.1, 0.15) is 5.82 Å². The van der Waals surface area contributed by atoms with Crippen LogP contribution in [-0.4, -0.2) is 45.2 Å². The van der Waals surface area contributed by atoms with Gasteiger partial charge in [0.05, 0.1) is 11.3 Å². The topological polar surface area (TPSA) is 119 Å². The summed E-state index contributed by atoms with van der Waals surface area (Å²) in [5, 5.41) is 20.2. The first-order valence-corrected chi connectivity index (χ1v) is 10.7. The van der Waals surface area contributed by atoms with Crippen LogP contribution in [0.2, 0.25) is 0 Å². The van der Waals surface area contributed by atoms with Crippen molar-refractivity contribution < 1.29 is 40.6 Å². The van der Waals surface area contributed by atoms with Crippen LogP contribution < -0.4 is 11.1 Å². The zero-order valence-electron chi connectivity index (χ0n) is 17.9. The van der Waals surface area contributed by atoms with Crippen molar-refractivity contribution in [3.05, 3.63) is 17.5 Å². The molecule has 8 nitrogen and oxygen atoms in total. The Balaban J connectivity index is 1.87. The summed E-state index contributed by atoms with van der Waals surface area (Å²) in [6.45, 7) is 0.605. The second-order valence-electron chi connectivity index (χ2n) is 8.67. The number of alkyl halides is 6. The van der Waals surface area contributed by atoms with Crippen molar-refractivity contribution >= 4 is 11.5 Å². The SMILES string of the molecule is Nc1cc(C(F)(F)F)c2nc1-c1nnc(o1)[C@@](O)(C(F)(F)F)CCCCCC1(CCOCC1)N2. The fraction of sp³-hybridized carbons (Fsp3) is 0.650. The van der Waals surface area contributed by atoms with Gasteiger partial charge in [-0.2, -0.15) is 26.3 Å². The number of aromatic nitrogens is 3. The van der Waals surface area contributed by atoms with Crippen LogP contribution in [-0.2, 0) is 16.5 Å². The third kappa shape index (κ3) is 4.52. The summed E-state index contributed by atoms with van der Waals surface area (Å²) in [6, 6.07) is 0.628. The lowest BCUT2D eigenvalue weighted by Crippen LogP contribution is -2.44. The standard InChI is InChI=1S/C20H23F6N5O3/c21-19(22,23)11-10-12(27)13-15-30-31-16(34-15)18(32,20(24,25)26)5-3-1-2-4-17(29-14(11)28-13)6-8-33-9-7-17/h10,32H,1-9,27H2,(H,28,29)/t18-/m1/s1. The highest BCUT2D eigenvalue weighted by molar-refractivity contribution is 5.71. The van der Waals surface area contributed by atoms with Crippen molar-refractivity contribution in [1.82, 2.24) is 15.2 Å². The Labute approximate surface area is 189 Å². The number of nitrogen functional groups attached to an aromatic ring is 1. The molecule has 2 aromatic rings. The Morgan fingerprint density at radius 1 is 0.971 bits per heavy atom.